The first-order chi connectivity index (χ1) is 12.3. The number of aliphatic carboxylic acids is 1. The number of nitrogens with one attached hydrogen (secondary N) is 2. The fourth-order valence-corrected chi connectivity index (χ4v) is 3.18. The second-order valence-electron chi connectivity index (χ2n) is 7.51. The van der Waals surface area contributed by atoms with Crippen molar-refractivity contribution in [3.05, 3.63) is 29.3 Å². The largest absolute Gasteiger partial charge is 0.481 e. The number of carbonyl (C=O) groups is 3. The molecular formula is C20H28N2O4. The molecule has 0 heterocycles. The smallest absolute Gasteiger partial charge is 0.306 e. The summed E-state index contributed by atoms with van der Waals surface area (Å²) in [5.74, 6) is -1.06. The first-order valence-corrected chi connectivity index (χ1v) is 9.20. The molecule has 1 aromatic carbocycles. The van der Waals surface area contributed by atoms with Crippen LogP contribution in [-0.2, 0) is 9.59 Å². The van der Waals surface area contributed by atoms with Gasteiger partial charge in [-0.25, -0.2) is 0 Å². The highest BCUT2D eigenvalue weighted by Crippen LogP contribution is 2.30. The highest BCUT2D eigenvalue weighted by molar-refractivity contribution is 5.97. The molecule has 3 N–H and O–H groups in total. The normalized spacial score (nSPS) is 19.8. The van der Waals surface area contributed by atoms with Crippen molar-refractivity contribution < 1.29 is 19.5 Å². The lowest BCUT2D eigenvalue weighted by atomic mass is 9.81. The molecule has 1 saturated carbocycles. The van der Waals surface area contributed by atoms with Crippen LogP contribution in [0.15, 0.2) is 18.2 Å². The van der Waals surface area contributed by atoms with Gasteiger partial charge in [-0.1, -0.05) is 13.8 Å². The molecule has 142 valence electrons. The molecule has 0 radical (unpaired) electrons. The summed E-state index contributed by atoms with van der Waals surface area (Å²) in [5.41, 5.74) is 2.09. The van der Waals surface area contributed by atoms with E-state index in [0.29, 0.717) is 49.4 Å². The van der Waals surface area contributed by atoms with Crippen molar-refractivity contribution in [2.24, 2.45) is 17.8 Å². The number of hydrogen-bond acceptors (Lipinski definition) is 3. The van der Waals surface area contributed by atoms with Crippen LogP contribution in [0.1, 0.15) is 55.5 Å². The summed E-state index contributed by atoms with van der Waals surface area (Å²) in [4.78, 5) is 35.6. The molecule has 1 aromatic rings. The van der Waals surface area contributed by atoms with E-state index in [4.69, 9.17) is 5.11 Å². The van der Waals surface area contributed by atoms with E-state index in [1.807, 2.05) is 20.8 Å². The van der Waals surface area contributed by atoms with Gasteiger partial charge in [-0.15, -0.1) is 0 Å². The maximum Gasteiger partial charge on any atom is 0.306 e. The van der Waals surface area contributed by atoms with Crippen LogP contribution in [0.3, 0.4) is 0 Å². The van der Waals surface area contributed by atoms with E-state index >= 15 is 0 Å². The van der Waals surface area contributed by atoms with Crippen LogP contribution in [0.2, 0.25) is 0 Å². The van der Waals surface area contributed by atoms with Gasteiger partial charge in [0.1, 0.15) is 0 Å². The molecule has 0 atom stereocenters. The molecule has 6 nitrogen and oxygen atoms in total. The summed E-state index contributed by atoms with van der Waals surface area (Å²) in [6.07, 6.45) is 2.28. The van der Waals surface area contributed by atoms with Crippen LogP contribution in [-0.4, -0.2) is 29.4 Å². The molecule has 0 bridgehead atoms. The highest BCUT2D eigenvalue weighted by atomic mass is 16.4. The Labute approximate surface area is 154 Å². The Kier molecular flexibility index (Phi) is 6.77. The monoisotopic (exact) mass is 360 g/mol. The fourth-order valence-electron chi connectivity index (χ4n) is 3.18. The van der Waals surface area contributed by atoms with Crippen LogP contribution < -0.4 is 10.6 Å². The van der Waals surface area contributed by atoms with E-state index in [2.05, 4.69) is 10.6 Å². The van der Waals surface area contributed by atoms with Crippen LogP contribution in [0.4, 0.5) is 5.69 Å². The number of aryl methyl sites for hydroxylation is 1. The van der Waals surface area contributed by atoms with Crippen LogP contribution in [0, 0.1) is 24.7 Å². The van der Waals surface area contributed by atoms with Gasteiger partial charge >= 0.3 is 5.97 Å². The quantitative estimate of drug-likeness (QED) is 0.726. The third-order valence-electron chi connectivity index (χ3n) is 4.86. The number of anilines is 1. The molecule has 2 rings (SSSR count). The lowest BCUT2D eigenvalue weighted by molar-refractivity contribution is -0.143. The summed E-state index contributed by atoms with van der Waals surface area (Å²) in [7, 11) is 0. The number of amides is 2. The zero-order chi connectivity index (χ0) is 19.3. The van der Waals surface area contributed by atoms with Gasteiger partial charge in [0.05, 0.1) is 5.92 Å². The molecule has 0 aromatic heterocycles. The molecule has 0 unspecified atom stereocenters. The molecule has 6 heteroatoms. The van der Waals surface area contributed by atoms with Crippen molar-refractivity contribution in [2.75, 3.05) is 11.9 Å². The van der Waals surface area contributed by atoms with E-state index in [9.17, 15) is 14.4 Å². The predicted molar refractivity (Wildman–Crippen MR) is 100 cm³/mol. The lowest BCUT2D eigenvalue weighted by Gasteiger charge is -2.25. The summed E-state index contributed by atoms with van der Waals surface area (Å²) in [5, 5.41) is 14.8. The minimum Gasteiger partial charge on any atom is -0.481 e. The second-order valence-corrected chi connectivity index (χ2v) is 7.51. The standard InChI is InChI=1S/C20H28N2O4/c1-12(2)11-21-18(23)16-8-9-17(13(3)10-16)22-19(24)14-4-6-15(7-5-14)20(25)26/h8-10,12,14-15H,4-7,11H2,1-3H3,(H,21,23)(H,22,24)(H,25,26). The molecule has 0 aliphatic heterocycles. The summed E-state index contributed by atoms with van der Waals surface area (Å²) < 4.78 is 0. The molecule has 0 spiro atoms. The van der Waals surface area contributed by atoms with Gasteiger partial charge in [-0.2, -0.15) is 0 Å². The Morgan fingerprint density at radius 1 is 1.12 bits per heavy atom. The topological polar surface area (TPSA) is 95.5 Å². The van der Waals surface area contributed by atoms with Crippen molar-refractivity contribution in [1.29, 1.82) is 0 Å². The molecular weight excluding hydrogens is 332 g/mol. The van der Waals surface area contributed by atoms with Gasteiger partial charge in [0.15, 0.2) is 0 Å². The van der Waals surface area contributed by atoms with Crippen LogP contribution >= 0.6 is 0 Å². The van der Waals surface area contributed by atoms with Gasteiger partial charge in [0.25, 0.3) is 5.91 Å². The van der Waals surface area contributed by atoms with Gasteiger partial charge in [0.2, 0.25) is 5.91 Å². The zero-order valence-corrected chi connectivity index (χ0v) is 15.7. The SMILES string of the molecule is Cc1cc(C(=O)NCC(C)C)ccc1NC(=O)C1CCC(C(=O)O)CC1. The number of carbonyl (C=O) groups excluding carboxylic acids is 2. The van der Waals surface area contributed by atoms with E-state index < -0.39 is 5.97 Å². The van der Waals surface area contributed by atoms with Gasteiger partial charge in [-0.3, -0.25) is 14.4 Å². The number of rotatable bonds is 6. The van der Waals surface area contributed by atoms with Gasteiger partial charge in [0, 0.05) is 23.7 Å². The number of hydrogen-bond donors (Lipinski definition) is 3. The van der Waals surface area contributed by atoms with Crippen molar-refractivity contribution >= 4 is 23.5 Å². The highest BCUT2D eigenvalue weighted by Gasteiger charge is 2.29. The lowest BCUT2D eigenvalue weighted by Crippen LogP contribution is -2.30. The minimum absolute atomic E-state index is 0.0750. The Balaban J connectivity index is 1.94. The maximum absolute atomic E-state index is 12.5. The molecule has 1 aliphatic carbocycles. The van der Waals surface area contributed by atoms with Crippen molar-refractivity contribution in [2.45, 2.75) is 46.5 Å². The molecule has 1 fully saturated rings. The Morgan fingerprint density at radius 3 is 2.27 bits per heavy atom. The molecule has 26 heavy (non-hydrogen) atoms. The summed E-state index contributed by atoms with van der Waals surface area (Å²) >= 11 is 0. The number of carboxylic acid groups (broad SMARTS) is 1. The predicted octanol–water partition coefficient (Wildman–Crippen LogP) is 3.21. The third kappa shape index (κ3) is 5.31. The van der Waals surface area contributed by atoms with E-state index in [1.54, 1.807) is 18.2 Å². The Hall–Kier alpha value is -2.37. The molecule has 2 amide bonds. The average Bonchev–Trinajstić information content (AvgIpc) is 2.61. The van der Waals surface area contributed by atoms with Crippen LogP contribution in [0.25, 0.3) is 0 Å². The van der Waals surface area contributed by atoms with Gasteiger partial charge in [-0.05, 0) is 62.3 Å². The summed E-state index contributed by atoms with van der Waals surface area (Å²) in [6.45, 7) is 6.55. The van der Waals surface area contributed by atoms with Crippen molar-refractivity contribution in [1.82, 2.24) is 5.32 Å². The fraction of sp³-hybridized carbons (Fsp3) is 0.550. The zero-order valence-electron chi connectivity index (χ0n) is 15.7. The van der Waals surface area contributed by atoms with Crippen molar-refractivity contribution in [3.63, 3.8) is 0 Å². The van der Waals surface area contributed by atoms with E-state index in [-0.39, 0.29) is 23.7 Å². The van der Waals surface area contributed by atoms with Gasteiger partial charge < -0.3 is 15.7 Å². The first-order valence-electron chi connectivity index (χ1n) is 9.20. The maximum atomic E-state index is 12.5. The number of carboxylic acids is 1. The molecule has 0 saturated heterocycles. The summed E-state index contributed by atoms with van der Waals surface area (Å²) in [6, 6.07) is 5.23. The van der Waals surface area contributed by atoms with E-state index in [0.717, 1.165) is 5.56 Å². The first kappa shape index (κ1) is 19.9. The number of benzene rings is 1. The molecule has 1 aliphatic rings. The Bertz CT molecular complexity index is 676. The van der Waals surface area contributed by atoms with E-state index in [1.165, 1.54) is 0 Å². The third-order valence-corrected chi connectivity index (χ3v) is 4.86. The second kappa shape index (κ2) is 8.83. The Morgan fingerprint density at radius 2 is 1.73 bits per heavy atom. The van der Waals surface area contributed by atoms with Crippen molar-refractivity contribution in [3.8, 4) is 0 Å². The average molecular weight is 360 g/mol. The minimum atomic E-state index is -0.772. The van der Waals surface area contributed by atoms with Crippen LogP contribution in [0.5, 0.6) is 0 Å².